The Kier molecular flexibility index (Phi) is 2.61. The van der Waals surface area contributed by atoms with E-state index in [1.165, 1.54) is 0 Å². The lowest BCUT2D eigenvalue weighted by molar-refractivity contribution is 0.0492. The number of hydrogen-bond donors (Lipinski definition) is 0. The zero-order valence-electron chi connectivity index (χ0n) is 8.69. The van der Waals surface area contributed by atoms with E-state index in [1.807, 2.05) is 6.07 Å². The Morgan fingerprint density at radius 1 is 1.50 bits per heavy atom. The fourth-order valence-corrected chi connectivity index (χ4v) is 1.42. The van der Waals surface area contributed by atoms with E-state index in [4.69, 9.17) is 14.4 Å². The minimum absolute atomic E-state index is 0.159. The van der Waals surface area contributed by atoms with Crippen molar-refractivity contribution in [3.63, 3.8) is 0 Å². The fraction of sp³-hybridized carbons (Fsp3) is 0.167. The van der Waals surface area contributed by atoms with Crippen LogP contribution < -0.4 is 0 Å². The molecule has 16 heavy (non-hydrogen) atoms. The monoisotopic (exact) mass is 215 g/mol. The summed E-state index contributed by atoms with van der Waals surface area (Å²) in [4.78, 5) is 11.4. The summed E-state index contributed by atoms with van der Waals surface area (Å²) in [5.74, 6) is -0.329. The maximum absolute atomic E-state index is 11.4. The lowest BCUT2D eigenvalue weighted by Crippen LogP contribution is -2.02. The highest BCUT2D eigenvalue weighted by molar-refractivity contribution is 5.92. The van der Waals surface area contributed by atoms with Gasteiger partial charge >= 0.3 is 5.97 Å². The molecule has 1 aromatic carbocycles. The number of esters is 1. The molecule has 0 unspecified atom stereocenters. The first-order valence-electron chi connectivity index (χ1n) is 4.85. The lowest BCUT2D eigenvalue weighted by Gasteiger charge is -1.95. The van der Waals surface area contributed by atoms with E-state index in [1.54, 1.807) is 31.2 Å². The molecule has 80 valence electrons. The van der Waals surface area contributed by atoms with Gasteiger partial charge in [0.15, 0.2) is 0 Å². The van der Waals surface area contributed by atoms with E-state index in [-0.39, 0.29) is 5.76 Å². The third-order valence-electron chi connectivity index (χ3n) is 2.12. The molecule has 0 spiro atoms. The number of furan rings is 1. The minimum atomic E-state index is -0.489. The first-order valence-corrected chi connectivity index (χ1v) is 4.85. The molecule has 0 atom stereocenters. The van der Waals surface area contributed by atoms with Crippen LogP contribution in [0.5, 0.6) is 0 Å². The molecule has 0 aliphatic heterocycles. The molecule has 0 saturated carbocycles. The summed E-state index contributed by atoms with van der Waals surface area (Å²) in [6.07, 6.45) is 0. The van der Waals surface area contributed by atoms with Crippen molar-refractivity contribution in [2.45, 2.75) is 6.92 Å². The van der Waals surface area contributed by atoms with Crippen molar-refractivity contribution >= 4 is 16.9 Å². The predicted octanol–water partition coefficient (Wildman–Crippen LogP) is 2.48. The second-order valence-corrected chi connectivity index (χ2v) is 3.20. The fourth-order valence-electron chi connectivity index (χ4n) is 1.42. The normalized spacial score (nSPS) is 10.0. The molecule has 0 amide bonds. The largest absolute Gasteiger partial charge is 0.460 e. The van der Waals surface area contributed by atoms with Crippen molar-refractivity contribution in [2.24, 2.45) is 0 Å². The number of rotatable bonds is 2. The molecule has 4 heteroatoms. The molecular formula is C12H9NO3. The first-order chi connectivity index (χ1) is 7.74. The van der Waals surface area contributed by atoms with Gasteiger partial charge in [-0.05, 0) is 31.2 Å². The number of nitriles is 1. The Balaban J connectivity index is 2.44. The molecule has 2 rings (SSSR count). The van der Waals surface area contributed by atoms with E-state index in [0.717, 1.165) is 5.39 Å². The zero-order valence-corrected chi connectivity index (χ0v) is 8.69. The van der Waals surface area contributed by atoms with Crippen molar-refractivity contribution in [1.82, 2.24) is 0 Å². The number of fused-ring (bicyclic) bond motifs is 1. The highest BCUT2D eigenvalue weighted by atomic mass is 16.5. The number of carbonyl (C=O) groups excluding carboxylic acids is 1. The quantitative estimate of drug-likeness (QED) is 0.722. The lowest BCUT2D eigenvalue weighted by atomic mass is 10.2. The van der Waals surface area contributed by atoms with Gasteiger partial charge in [0, 0.05) is 5.39 Å². The highest BCUT2D eigenvalue weighted by Gasteiger charge is 2.13. The van der Waals surface area contributed by atoms with Gasteiger partial charge < -0.3 is 9.15 Å². The van der Waals surface area contributed by atoms with Gasteiger partial charge in [-0.2, -0.15) is 5.26 Å². The molecular weight excluding hydrogens is 206 g/mol. The van der Waals surface area contributed by atoms with Crippen LogP contribution in [0.15, 0.2) is 28.7 Å². The summed E-state index contributed by atoms with van der Waals surface area (Å²) < 4.78 is 10.1. The number of carbonyl (C=O) groups is 1. The topological polar surface area (TPSA) is 63.2 Å². The molecule has 0 saturated heterocycles. The third kappa shape index (κ3) is 1.75. The summed E-state index contributed by atoms with van der Waals surface area (Å²) in [5, 5.41) is 9.45. The van der Waals surface area contributed by atoms with Crippen LogP contribution in [0.3, 0.4) is 0 Å². The third-order valence-corrected chi connectivity index (χ3v) is 2.12. The Morgan fingerprint density at radius 3 is 3.00 bits per heavy atom. The van der Waals surface area contributed by atoms with Crippen LogP contribution in [-0.4, -0.2) is 12.6 Å². The number of nitrogens with zero attached hydrogens (tertiary/aromatic N) is 1. The van der Waals surface area contributed by atoms with Crippen molar-refractivity contribution in [2.75, 3.05) is 6.61 Å². The molecule has 0 radical (unpaired) electrons. The average Bonchev–Trinajstić information content (AvgIpc) is 2.71. The van der Waals surface area contributed by atoms with Crippen LogP contribution in [-0.2, 0) is 4.74 Å². The molecule has 1 aromatic heterocycles. The molecule has 0 fully saturated rings. The number of benzene rings is 1. The summed E-state index contributed by atoms with van der Waals surface area (Å²) >= 11 is 0. The summed E-state index contributed by atoms with van der Waals surface area (Å²) in [6.45, 7) is 2.04. The Bertz CT molecular complexity index is 577. The molecule has 2 aromatic rings. The molecule has 0 aliphatic carbocycles. The van der Waals surface area contributed by atoms with Crippen LogP contribution in [0.2, 0.25) is 0 Å². The number of ether oxygens (including phenoxy) is 1. The van der Waals surface area contributed by atoms with Crippen molar-refractivity contribution < 1.29 is 13.9 Å². The standard InChI is InChI=1S/C12H9NO3/c1-2-15-12(14)11-6-9-5-8(7-13)3-4-10(9)16-11/h3-6H,2H2,1H3. The Labute approximate surface area is 92.0 Å². The predicted molar refractivity (Wildman–Crippen MR) is 56.9 cm³/mol. The van der Waals surface area contributed by atoms with E-state index >= 15 is 0 Å². The summed E-state index contributed by atoms with van der Waals surface area (Å²) in [5.41, 5.74) is 1.10. The van der Waals surface area contributed by atoms with Crippen molar-refractivity contribution in [1.29, 1.82) is 5.26 Å². The van der Waals surface area contributed by atoms with Crippen LogP contribution in [0.25, 0.3) is 11.0 Å². The summed E-state index contributed by atoms with van der Waals surface area (Å²) in [7, 11) is 0. The Hall–Kier alpha value is -2.28. The highest BCUT2D eigenvalue weighted by Crippen LogP contribution is 2.21. The van der Waals surface area contributed by atoms with Gasteiger partial charge in [-0.25, -0.2) is 4.79 Å². The van der Waals surface area contributed by atoms with Gasteiger partial charge in [0.2, 0.25) is 5.76 Å². The first kappa shape index (κ1) is 10.2. The second kappa shape index (κ2) is 4.07. The van der Waals surface area contributed by atoms with Gasteiger partial charge in [0.05, 0.1) is 18.2 Å². The van der Waals surface area contributed by atoms with Gasteiger partial charge in [0.25, 0.3) is 0 Å². The average molecular weight is 215 g/mol. The molecule has 1 heterocycles. The molecule has 0 aliphatic rings. The maximum atomic E-state index is 11.4. The molecule has 0 N–H and O–H groups in total. The van der Waals surface area contributed by atoms with Crippen LogP contribution in [0.1, 0.15) is 23.0 Å². The van der Waals surface area contributed by atoms with Crippen LogP contribution in [0, 0.1) is 11.3 Å². The Morgan fingerprint density at radius 2 is 2.31 bits per heavy atom. The van der Waals surface area contributed by atoms with E-state index in [9.17, 15) is 4.79 Å². The van der Waals surface area contributed by atoms with Gasteiger partial charge in [-0.3, -0.25) is 0 Å². The minimum Gasteiger partial charge on any atom is -0.460 e. The maximum Gasteiger partial charge on any atom is 0.374 e. The van der Waals surface area contributed by atoms with Gasteiger partial charge in [0.1, 0.15) is 5.58 Å². The second-order valence-electron chi connectivity index (χ2n) is 3.20. The zero-order chi connectivity index (χ0) is 11.5. The van der Waals surface area contributed by atoms with Crippen molar-refractivity contribution in [3.8, 4) is 6.07 Å². The molecule has 0 bridgehead atoms. The number of hydrogen-bond acceptors (Lipinski definition) is 4. The van der Waals surface area contributed by atoms with Crippen molar-refractivity contribution in [3.05, 3.63) is 35.6 Å². The van der Waals surface area contributed by atoms with Gasteiger partial charge in [-0.15, -0.1) is 0 Å². The van der Waals surface area contributed by atoms with Crippen LogP contribution >= 0.6 is 0 Å². The van der Waals surface area contributed by atoms with Crippen LogP contribution in [0.4, 0.5) is 0 Å². The van der Waals surface area contributed by atoms with E-state index < -0.39 is 5.97 Å². The van der Waals surface area contributed by atoms with Gasteiger partial charge in [-0.1, -0.05) is 0 Å². The van der Waals surface area contributed by atoms with E-state index in [2.05, 4.69) is 0 Å². The smallest absolute Gasteiger partial charge is 0.374 e. The molecule has 4 nitrogen and oxygen atoms in total. The SMILES string of the molecule is CCOC(=O)c1cc2cc(C#N)ccc2o1. The summed E-state index contributed by atoms with van der Waals surface area (Å²) in [6, 6.07) is 8.57. The van der Waals surface area contributed by atoms with E-state index in [0.29, 0.717) is 17.8 Å².